The Morgan fingerprint density at radius 3 is 2.26 bits per heavy atom. The van der Waals surface area contributed by atoms with Gasteiger partial charge < -0.3 is 10.5 Å². The summed E-state index contributed by atoms with van der Waals surface area (Å²) in [7, 11) is 1.62. The minimum absolute atomic E-state index is 0.300. The van der Waals surface area contributed by atoms with Crippen molar-refractivity contribution in [2.45, 2.75) is 13.0 Å². The third-order valence-electron chi connectivity index (χ3n) is 3.09. The lowest BCUT2D eigenvalue weighted by molar-refractivity contribution is 0.408. The molecule has 0 bridgehead atoms. The molecule has 1 unspecified atom stereocenters. The van der Waals surface area contributed by atoms with E-state index in [-0.39, 0.29) is 6.04 Å². The summed E-state index contributed by atoms with van der Waals surface area (Å²) in [5.41, 5.74) is 9.24. The maximum Gasteiger partial charge on any atom is 0.124 e. The van der Waals surface area contributed by atoms with Gasteiger partial charge in [-0.15, -0.1) is 0 Å². The maximum atomic E-state index is 6.33. The quantitative estimate of drug-likeness (QED) is 0.913. The van der Waals surface area contributed by atoms with Crippen molar-refractivity contribution in [3.63, 3.8) is 0 Å². The first kappa shape index (κ1) is 14.2. The molecule has 100 valence electrons. The van der Waals surface area contributed by atoms with E-state index in [2.05, 4.69) is 0 Å². The summed E-state index contributed by atoms with van der Waals surface area (Å²) < 4.78 is 5.34. The Balaban J connectivity index is 2.49. The predicted molar refractivity (Wildman–Crippen MR) is 80.2 cm³/mol. The van der Waals surface area contributed by atoms with Crippen LogP contribution in [0.25, 0.3) is 0 Å². The third kappa shape index (κ3) is 3.03. The fourth-order valence-electron chi connectivity index (χ4n) is 2.10. The molecule has 0 fully saturated rings. The molecule has 0 amide bonds. The number of hydrogen-bond acceptors (Lipinski definition) is 2. The fraction of sp³-hybridized carbons (Fsp3) is 0.200. The Kier molecular flexibility index (Phi) is 4.35. The molecule has 2 N–H and O–H groups in total. The highest BCUT2D eigenvalue weighted by Crippen LogP contribution is 2.32. The van der Waals surface area contributed by atoms with Gasteiger partial charge >= 0.3 is 0 Å². The Hall–Kier alpha value is -1.22. The molecular formula is C15H15Cl2NO. The molecule has 0 aliphatic carbocycles. The number of rotatable bonds is 3. The normalized spacial score (nSPS) is 12.3. The van der Waals surface area contributed by atoms with Gasteiger partial charge in [0.05, 0.1) is 13.2 Å². The first-order valence-electron chi connectivity index (χ1n) is 5.88. The van der Waals surface area contributed by atoms with E-state index in [1.165, 1.54) is 0 Å². The summed E-state index contributed by atoms with van der Waals surface area (Å²) in [6.07, 6.45) is 0. The van der Waals surface area contributed by atoms with Gasteiger partial charge in [0.15, 0.2) is 0 Å². The van der Waals surface area contributed by atoms with Gasteiger partial charge in [-0.2, -0.15) is 0 Å². The molecule has 1 atom stereocenters. The number of benzene rings is 2. The monoisotopic (exact) mass is 295 g/mol. The highest BCUT2D eigenvalue weighted by molar-refractivity contribution is 6.31. The van der Waals surface area contributed by atoms with Gasteiger partial charge in [-0.3, -0.25) is 0 Å². The average molecular weight is 296 g/mol. The minimum atomic E-state index is -0.300. The molecule has 0 saturated carbocycles. The van der Waals surface area contributed by atoms with Crippen LogP contribution in [0.5, 0.6) is 5.75 Å². The number of aryl methyl sites for hydroxylation is 1. The van der Waals surface area contributed by atoms with Crippen LogP contribution in [0.4, 0.5) is 0 Å². The van der Waals surface area contributed by atoms with E-state index in [4.69, 9.17) is 33.7 Å². The van der Waals surface area contributed by atoms with Crippen LogP contribution < -0.4 is 10.5 Å². The smallest absolute Gasteiger partial charge is 0.124 e. The second-order valence-corrected chi connectivity index (χ2v) is 5.24. The molecular weight excluding hydrogens is 281 g/mol. The highest BCUT2D eigenvalue weighted by Gasteiger charge is 2.16. The van der Waals surface area contributed by atoms with Crippen LogP contribution in [0.3, 0.4) is 0 Å². The van der Waals surface area contributed by atoms with Crippen molar-refractivity contribution in [1.82, 2.24) is 0 Å². The van der Waals surface area contributed by atoms with Gasteiger partial charge in [-0.25, -0.2) is 0 Å². The maximum absolute atomic E-state index is 6.33. The van der Waals surface area contributed by atoms with Crippen LogP contribution in [-0.2, 0) is 0 Å². The molecule has 19 heavy (non-hydrogen) atoms. The van der Waals surface area contributed by atoms with Crippen molar-refractivity contribution in [3.05, 3.63) is 63.1 Å². The first-order valence-corrected chi connectivity index (χ1v) is 6.63. The van der Waals surface area contributed by atoms with Crippen LogP contribution in [-0.4, -0.2) is 7.11 Å². The van der Waals surface area contributed by atoms with Crippen LogP contribution in [0.15, 0.2) is 36.4 Å². The van der Waals surface area contributed by atoms with Gasteiger partial charge in [-0.05, 0) is 48.4 Å². The number of nitrogens with two attached hydrogens (primary N) is 1. The lowest BCUT2D eigenvalue weighted by Gasteiger charge is -2.18. The van der Waals surface area contributed by atoms with Crippen molar-refractivity contribution in [1.29, 1.82) is 0 Å². The largest absolute Gasteiger partial charge is 0.496 e. The molecule has 0 aliphatic heterocycles. The van der Waals surface area contributed by atoms with E-state index in [0.29, 0.717) is 10.0 Å². The molecule has 4 heteroatoms. The molecule has 0 radical (unpaired) electrons. The van der Waals surface area contributed by atoms with Crippen LogP contribution in [0.1, 0.15) is 22.7 Å². The molecule has 0 spiro atoms. The van der Waals surface area contributed by atoms with E-state index >= 15 is 0 Å². The summed E-state index contributed by atoms with van der Waals surface area (Å²) in [6, 6.07) is 10.8. The minimum Gasteiger partial charge on any atom is -0.496 e. The summed E-state index contributed by atoms with van der Waals surface area (Å²) in [5.74, 6) is 0.728. The summed E-state index contributed by atoms with van der Waals surface area (Å²) in [5, 5.41) is 1.34. The molecule has 2 aromatic carbocycles. The predicted octanol–water partition coefficient (Wildman–Crippen LogP) is 4.36. The Labute approximate surface area is 123 Å². The van der Waals surface area contributed by atoms with E-state index in [1.807, 2.05) is 37.3 Å². The summed E-state index contributed by atoms with van der Waals surface area (Å²) in [4.78, 5) is 0. The van der Waals surface area contributed by atoms with E-state index < -0.39 is 0 Å². The Bertz CT molecular complexity index is 599. The van der Waals surface area contributed by atoms with Crippen molar-refractivity contribution in [2.24, 2.45) is 5.73 Å². The highest BCUT2D eigenvalue weighted by atomic mass is 35.5. The lowest BCUT2D eigenvalue weighted by atomic mass is 9.95. The molecule has 2 aromatic rings. The number of ether oxygens (including phenoxy) is 1. The van der Waals surface area contributed by atoms with Crippen molar-refractivity contribution in [3.8, 4) is 5.75 Å². The van der Waals surface area contributed by atoms with Crippen LogP contribution >= 0.6 is 23.2 Å². The van der Waals surface area contributed by atoms with E-state index in [9.17, 15) is 0 Å². The zero-order chi connectivity index (χ0) is 14.0. The second kappa shape index (κ2) is 5.83. The van der Waals surface area contributed by atoms with Crippen LogP contribution in [0, 0.1) is 6.92 Å². The summed E-state index contributed by atoms with van der Waals surface area (Å²) >= 11 is 12.0. The lowest BCUT2D eigenvalue weighted by Crippen LogP contribution is -2.14. The topological polar surface area (TPSA) is 35.2 Å². The summed E-state index contributed by atoms with van der Waals surface area (Å²) in [6.45, 7) is 1.98. The molecule has 0 aliphatic rings. The van der Waals surface area contributed by atoms with Gasteiger partial charge in [0.2, 0.25) is 0 Å². The average Bonchev–Trinajstić information content (AvgIpc) is 2.38. The number of hydrogen-bond donors (Lipinski definition) is 1. The van der Waals surface area contributed by atoms with Gasteiger partial charge in [-0.1, -0.05) is 29.3 Å². The second-order valence-electron chi connectivity index (χ2n) is 4.36. The molecule has 2 rings (SSSR count). The van der Waals surface area contributed by atoms with Crippen molar-refractivity contribution in [2.75, 3.05) is 7.11 Å². The van der Waals surface area contributed by atoms with E-state index in [1.54, 1.807) is 13.2 Å². The Morgan fingerprint density at radius 1 is 1.00 bits per heavy atom. The molecule has 0 saturated heterocycles. The Morgan fingerprint density at radius 2 is 1.63 bits per heavy atom. The molecule has 2 nitrogen and oxygen atoms in total. The standard InChI is InChI=1S/C15H15Cl2NO/c1-9-7-10(16)3-5-12(9)15(18)13-8-11(17)4-6-14(13)19-2/h3-8,15H,18H2,1-2H3. The van der Waals surface area contributed by atoms with Gasteiger partial charge in [0, 0.05) is 15.6 Å². The van der Waals surface area contributed by atoms with Gasteiger partial charge in [0.1, 0.15) is 5.75 Å². The van der Waals surface area contributed by atoms with Crippen molar-refractivity contribution >= 4 is 23.2 Å². The zero-order valence-electron chi connectivity index (χ0n) is 10.8. The fourth-order valence-corrected chi connectivity index (χ4v) is 2.51. The first-order chi connectivity index (χ1) is 9.02. The SMILES string of the molecule is COc1ccc(Cl)cc1C(N)c1ccc(Cl)cc1C. The van der Waals surface area contributed by atoms with Gasteiger partial charge in [0.25, 0.3) is 0 Å². The molecule has 0 heterocycles. The van der Waals surface area contributed by atoms with Crippen molar-refractivity contribution < 1.29 is 4.74 Å². The van der Waals surface area contributed by atoms with E-state index in [0.717, 1.165) is 22.4 Å². The zero-order valence-corrected chi connectivity index (χ0v) is 12.3. The number of methoxy groups -OCH3 is 1. The third-order valence-corrected chi connectivity index (χ3v) is 3.56. The molecule has 0 aromatic heterocycles. The van der Waals surface area contributed by atoms with Crippen LogP contribution in [0.2, 0.25) is 10.0 Å². The number of halogens is 2.